The Morgan fingerprint density at radius 3 is 1.94 bits per heavy atom. The molecule has 2 aromatic rings. The van der Waals surface area contributed by atoms with Gasteiger partial charge in [-0.25, -0.2) is 0 Å². The lowest BCUT2D eigenvalue weighted by atomic mass is 10.0. The maximum absolute atomic E-state index is 14.3. The van der Waals surface area contributed by atoms with Crippen molar-refractivity contribution in [2.45, 2.75) is 24.6 Å². The summed E-state index contributed by atoms with van der Waals surface area (Å²) >= 11 is 5.69. The molecule has 0 aromatic heterocycles. The Kier molecular flexibility index (Phi) is 8.61. The van der Waals surface area contributed by atoms with Crippen LogP contribution in [0.2, 0.25) is 5.02 Å². The summed E-state index contributed by atoms with van der Waals surface area (Å²) in [5, 5.41) is 1.37. The number of nitrogens with one attached hydrogen (secondary N) is 1. The number of benzene rings is 2. The van der Waals surface area contributed by atoms with Crippen molar-refractivity contribution in [2.24, 2.45) is 0 Å². The van der Waals surface area contributed by atoms with Crippen LogP contribution in [0.5, 0.6) is 5.75 Å². The van der Waals surface area contributed by atoms with Crippen LogP contribution in [0.4, 0.5) is 26.3 Å². The van der Waals surface area contributed by atoms with Gasteiger partial charge in [-0.2, -0.15) is 26.3 Å². The lowest BCUT2D eigenvalue weighted by Crippen LogP contribution is -2.76. The molecule has 0 atom stereocenters. The minimum Gasteiger partial charge on any atom is -0.497 e. The van der Waals surface area contributed by atoms with Crippen LogP contribution in [0.3, 0.4) is 0 Å². The van der Waals surface area contributed by atoms with Crippen molar-refractivity contribution in [3.63, 3.8) is 0 Å². The first-order valence-corrected chi connectivity index (χ1v) is 9.82. The molecule has 5 nitrogen and oxygen atoms in total. The molecule has 1 amide bonds. The van der Waals surface area contributed by atoms with Crippen LogP contribution < -0.4 is 10.1 Å². The Morgan fingerprint density at radius 1 is 0.939 bits per heavy atom. The summed E-state index contributed by atoms with van der Waals surface area (Å²) in [6, 6.07) is 9.88. The summed E-state index contributed by atoms with van der Waals surface area (Å²) in [7, 11) is 2.51. The molecule has 2 aromatic carbocycles. The van der Waals surface area contributed by atoms with E-state index >= 15 is 0 Å². The van der Waals surface area contributed by atoms with Crippen LogP contribution in [-0.2, 0) is 11.3 Å². The van der Waals surface area contributed by atoms with Gasteiger partial charge in [-0.05, 0) is 42.0 Å². The summed E-state index contributed by atoms with van der Waals surface area (Å²) in [5.41, 5.74) is -4.99. The van der Waals surface area contributed by atoms with Gasteiger partial charge in [-0.3, -0.25) is 9.69 Å². The van der Waals surface area contributed by atoms with Crippen LogP contribution >= 0.6 is 11.6 Å². The van der Waals surface area contributed by atoms with Gasteiger partial charge in [0, 0.05) is 30.8 Å². The molecule has 0 unspecified atom stereocenters. The van der Waals surface area contributed by atoms with E-state index in [1.54, 1.807) is 0 Å². The second kappa shape index (κ2) is 10.6. The number of methoxy groups -OCH3 is 2. The molecule has 0 aliphatic rings. The molecule has 1 N–H and O–H groups in total. The fourth-order valence-corrected chi connectivity index (χ4v) is 3.22. The maximum atomic E-state index is 14.3. The van der Waals surface area contributed by atoms with E-state index in [-0.39, 0.29) is 15.5 Å². The summed E-state index contributed by atoms with van der Waals surface area (Å²) < 4.78 is 95.2. The Hall–Kier alpha value is -2.50. The molecule has 0 heterocycles. The number of halogens is 7. The fourth-order valence-electron chi connectivity index (χ4n) is 3.10. The second-order valence-electron chi connectivity index (χ2n) is 6.93. The molecule has 0 saturated carbocycles. The number of hydrogen-bond donors (Lipinski definition) is 1. The number of ether oxygens (including phenoxy) is 2. The van der Waals surface area contributed by atoms with Gasteiger partial charge < -0.3 is 14.8 Å². The average molecular weight is 499 g/mol. The van der Waals surface area contributed by atoms with E-state index in [2.05, 4.69) is 0 Å². The number of amides is 1. The second-order valence-corrected chi connectivity index (χ2v) is 7.37. The zero-order valence-corrected chi connectivity index (χ0v) is 18.3. The number of hydrogen-bond acceptors (Lipinski definition) is 4. The summed E-state index contributed by atoms with van der Waals surface area (Å²) in [5.74, 6) is -1.20. The fraction of sp³-hybridized carbons (Fsp3) is 0.381. The predicted octanol–water partition coefficient (Wildman–Crippen LogP) is 5.05. The van der Waals surface area contributed by atoms with Crippen molar-refractivity contribution in [3.05, 3.63) is 64.7 Å². The van der Waals surface area contributed by atoms with Crippen LogP contribution in [-0.4, -0.2) is 56.2 Å². The van der Waals surface area contributed by atoms with Crippen molar-refractivity contribution in [1.82, 2.24) is 10.2 Å². The number of rotatable bonds is 9. The Bertz CT molecular complexity index is 904. The van der Waals surface area contributed by atoms with Gasteiger partial charge in [-0.1, -0.05) is 23.7 Å². The molecular formula is C21H21ClF6N2O3. The predicted molar refractivity (Wildman–Crippen MR) is 109 cm³/mol. The highest BCUT2D eigenvalue weighted by atomic mass is 35.5. The molecule has 2 rings (SSSR count). The third kappa shape index (κ3) is 6.10. The van der Waals surface area contributed by atoms with Gasteiger partial charge in [0.25, 0.3) is 11.6 Å². The van der Waals surface area contributed by atoms with Crippen molar-refractivity contribution in [1.29, 1.82) is 0 Å². The van der Waals surface area contributed by atoms with Gasteiger partial charge in [0.1, 0.15) is 5.75 Å². The number of carbonyl (C=O) groups excluding carboxylic acids is 1. The van der Waals surface area contributed by atoms with E-state index in [0.717, 1.165) is 19.2 Å². The SMILES string of the molecule is COCCN(Cc1ccc(OC)cc1)C(NC(=O)c1ccc(Cl)cc1)(C(F)(F)F)C(F)(F)F. The van der Waals surface area contributed by atoms with E-state index in [1.165, 1.54) is 48.8 Å². The van der Waals surface area contributed by atoms with Gasteiger partial charge in [0.2, 0.25) is 0 Å². The number of carbonyl (C=O) groups is 1. The van der Waals surface area contributed by atoms with E-state index in [4.69, 9.17) is 21.1 Å². The third-order valence-corrected chi connectivity index (χ3v) is 5.05. The van der Waals surface area contributed by atoms with Gasteiger partial charge >= 0.3 is 12.4 Å². The standard InChI is InChI=1S/C21H21ClF6N2O3/c1-32-12-11-30(13-14-3-9-17(33-2)10-4-14)19(20(23,24)25,21(26,27)28)29-18(31)15-5-7-16(22)8-6-15/h3-10H,11-13H2,1-2H3,(H,29,31). The largest absolute Gasteiger partial charge is 0.497 e. The van der Waals surface area contributed by atoms with E-state index in [9.17, 15) is 31.1 Å². The minimum absolute atomic E-state index is 0.0894. The van der Waals surface area contributed by atoms with Crippen molar-refractivity contribution < 1.29 is 40.6 Å². The lowest BCUT2D eigenvalue weighted by Gasteiger charge is -2.45. The third-order valence-electron chi connectivity index (χ3n) is 4.79. The molecule has 33 heavy (non-hydrogen) atoms. The van der Waals surface area contributed by atoms with Crippen molar-refractivity contribution in [2.75, 3.05) is 27.4 Å². The minimum atomic E-state index is -5.94. The first-order chi connectivity index (χ1) is 15.4. The van der Waals surface area contributed by atoms with Crippen LogP contribution in [0.25, 0.3) is 0 Å². The lowest BCUT2D eigenvalue weighted by molar-refractivity contribution is -0.350. The highest BCUT2D eigenvalue weighted by Crippen LogP contribution is 2.46. The summed E-state index contributed by atoms with van der Waals surface area (Å²) in [4.78, 5) is 12.6. The van der Waals surface area contributed by atoms with Crippen molar-refractivity contribution >= 4 is 17.5 Å². The molecular weight excluding hydrogens is 478 g/mol. The Balaban J connectivity index is 2.58. The zero-order chi connectivity index (χ0) is 24.9. The first kappa shape index (κ1) is 26.7. The van der Waals surface area contributed by atoms with E-state index in [1.807, 2.05) is 0 Å². The molecule has 182 valence electrons. The van der Waals surface area contributed by atoms with Gasteiger partial charge in [0.05, 0.1) is 13.7 Å². The topological polar surface area (TPSA) is 50.8 Å². The summed E-state index contributed by atoms with van der Waals surface area (Å²) in [6.45, 7) is -2.05. The molecule has 0 bridgehead atoms. The number of alkyl halides is 6. The van der Waals surface area contributed by atoms with Crippen LogP contribution in [0, 0.1) is 0 Å². The van der Waals surface area contributed by atoms with E-state index < -0.39 is 49.2 Å². The molecule has 0 radical (unpaired) electrons. The molecule has 0 aliphatic heterocycles. The first-order valence-electron chi connectivity index (χ1n) is 9.44. The van der Waals surface area contributed by atoms with E-state index in [0.29, 0.717) is 5.75 Å². The monoisotopic (exact) mass is 498 g/mol. The van der Waals surface area contributed by atoms with Crippen LogP contribution in [0.1, 0.15) is 15.9 Å². The average Bonchev–Trinajstić information content (AvgIpc) is 2.74. The zero-order valence-electron chi connectivity index (χ0n) is 17.6. The van der Waals surface area contributed by atoms with Crippen molar-refractivity contribution in [3.8, 4) is 5.75 Å². The van der Waals surface area contributed by atoms with Crippen LogP contribution in [0.15, 0.2) is 48.5 Å². The number of nitrogens with zero attached hydrogens (tertiary/aromatic N) is 1. The normalized spacial score (nSPS) is 12.7. The highest BCUT2D eigenvalue weighted by Gasteiger charge is 2.75. The molecule has 12 heteroatoms. The summed E-state index contributed by atoms with van der Waals surface area (Å²) in [6.07, 6.45) is -11.9. The highest BCUT2D eigenvalue weighted by molar-refractivity contribution is 6.30. The smallest absolute Gasteiger partial charge is 0.434 e. The maximum Gasteiger partial charge on any atom is 0.434 e. The molecule has 0 spiro atoms. The molecule has 0 aliphatic carbocycles. The molecule has 0 saturated heterocycles. The Labute approximate surface area is 191 Å². The molecule has 0 fully saturated rings. The van der Waals surface area contributed by atoms with Gasteiger partial charge in [0.15, 0.2) is 0 Å². The van der Waals surface area contributed by atoms with Gasteiger partial charge in [-0.15, -0.1) is 0 Å². The Morgan fingerprint density at radius 2 is 1.48 bits per heavy atom. The quantitative estimate of drug-likeness (QED) is 0.388.